The van der Waals surface area contributed by atoms with Crippen molar-refractivity contribution in [1.82, 2.24) is 9.88 Å². The molecule has 4 heteroatoms. The summed E-state index contributed by atoms with van der Waals surface area (Å²) in [5, 5.41) is 0. The van der Waals surface area contributed by atoms with Gasteiger partial charge in [0.2, 0.25) is 0 Å². The zero-order chi connectivity index (χ0) is 14.8. The molecule has 0 aromatic carbocycles. The van der Waals surface area contributed by atoms with Crippen LogP contribution in [0.3, 0.4) is 0 Å². The minimum absolute atomic E-state index is 0.0320. The van der Waals surface area contributed by atoms with Crippen molar-refractivity contribution in [1.29, 1.82) is 0 Å². The number of aromatic nitrogens is 1. The van der Waals surface area contributed by atoms with Gasteiger partial charge in [0.1, 0.15) is 6.73 Å². The Morgan fingerprint density at radius 3 is 2.95 bits per heavy atom. The fourth-order valence-electron chi connectivity index (χ4n) is 4.15. The van der Waals surface area contributed by atoms with Gasteiger partial charge >= 0.3 is 0 Å². The quantitative estimate of drug-likeness (QED) is 0.860. The molecule has 1 aromatic heterocycles. The Morgan fingerprint density at radius 1 is 1.27 bits per heavy atom. The van der Waals surface area contributed by atoms with E-state index in [2.05, 4.69) is 22.0 Å². The van der Waals surface area contributed by atoms with Crippen LogP contribution in [0.5, 0.6) is 0 Å². The molecule has 0 saturated carbocycles. The van der Waals surface area contributed by atoms with Gasteiger partial charge in [-0.25, -0.2) is 0 Å². The third kappa shape index (κ3) is 3.05. The molecule has 2 aliphatic heterocycles. The van der Waals surface area contributed by atoms with Gasteiger partial charge in [-0.2, -0.15) is 0 Å². The van der Waals surface area contributed by atoms with Gasteiger partial charge in [-0.05, 0) is 62.0 Å². The van der Waals surface area contributed by atoms with Crippen molar-refractivity contribution < 1.29 is 9.47 Å². The van der Waals surface area contributed by atoms with E-state index in [1.807, 2.05) is 6.20 Å². The van der Waals surface area contributed by atoms with Gasteiger partial charge in [-0.15, -0.1) is 0 Å². The highest BCUT2D eigenvalue weighted by molar-refractivity contribution is 5.28. The van der Waals surface area contributed by atoms with Crippen molar-refractivity contribution in [2.24, 2.45) is 5.41 Å². The molecule has 2 saturated heterocycles. The van der Waals surface area contributed by atoms with Crippen LogP contribution in [0, 0.1) is 5.41 Å². The predicted octanol–water partition coefficient (Wildman–Crippen LogP) is 2.76. The van der Waals surface area contributed by atoms with Gasteiger partial charge in [0, 0.05) is 31.6 Å². The maximum Gasteiger partial charge on any atom is 0.159 e. The smallest absolute Gasteiger partial charge is 0.159 e. The van der Waals surface area contributed by atoms with E-state index >= 15 is 0 Å². The summed E-state index contributed by atoms with van der Waals surface area (Å²) in [4.78, 5) is 7.01. The first kappa shape index (κ1) is 14.6. The second kappa shape index (κ2) is 6.26. The second-order valence-electron chi connectivity index (χ2n) is 7.17. The fourth-order valence-corrected chi connectivity index (χ4v) is 4.15. The van der Waals surface area contributed by atoms with Gasteiger partial charge in [0.15, 0.2) is 6.29 Å². The number of hydrogen-bond donors (Lipinski definition) is 0. The number of likely N-dealkylation sites (tertiary alicyclic amines) is 1. The van der Waals surface area contributed by atoms with Crippen LogP contribution in [0.2, 0.25) is 0 Å². The Bertz CT molecular complexity index is 479. The third-order valence-corrected chi connectivity index (χ3v) is 5.59. The van der Waals surface area contributed by atoms with Crippen LogP contribution in [0.15, 0.2) is 18.3 Å². The standard InChI is InChI=1S/C18H26N2O2/c1-2-11-21-17(5-1)22-14-20-9-6-18(7-10-20)12-15-4-3-8-19-16(15)13-18/h3-4,8,17H,1-2,5-7,9-14H2. The summed E-state index contributed by atoms with van der Waals surface area (Å²) in [7, 11) is 0. The molecule has 1 aromatic rings. The summed E-state index contributed by atoms with van der Waals surface area (Å²) in [5.41, 5.74) is 3.28. The molecule has 3 heterocycles. The molecule has 1 unspecified atom stereocenters. The topological polar surface area (TPSA) is 34.6 Å². The van der Waals surface area contributed by atoms with E-state index in [-0.39, 0.29) is 6.29 Å². The molecule has 22 heavy (non-hydrogen) atoms. The number of rotatable bonds is 3. The molecule has 2 fully saturated rings. The molecule has 4 rings (SSSR count). The second-order valence-corrected chi connectivity index (χ2v) is 7.17. The van der Waals surface area contributed by atoms with Gasteiger partial charge in [0.25, 0.3) is 0 Å². The van der Waals surface area contributed by atoms with E-state index in [0.29, 0.717) is 5.41 Å². The zero-order valence-corrected chi connectivity index (χ0v) is 13.3. The minimum atomic E-state index is 0.0320. The van der Waals surface area contributed by atoms with Gasteiger partial charge < -0.3 is 9.47 Å². The summed E-state index contributed by atoms with van der Waals surface area (Å²) < 4.78 is 11.6. The molecule has 1 atom stereocenters. The van der Waals surface area contributed by atoms with E-state index in [1.54, 1.807) is 0 Å². The normalized spacial score (nSPS) is 27.9. The van der Waals surface area contributed by atoms with Crippen LogP contribution in [0.25, 0.3) is 0 Å². The van der Waals surface area contributed by atoms with E-state index < -0.39 is 0 Å². The van der Waals surface area contributed by atoms with Gasteiger partial charge in [-0.1, -0.05) is 6.07 Å². The maximum atomic E-state index is 5.93. The molecule has 120 valence electrons. The Hall–Kier alpha value is -0.970. The average molecular weight is 302 g/mol. The molecule has 1 aliphatic carbocycles. The highest BCUT2D eigenvalue weighted by Crippen LogP contribution is 2.43. The summed E-state index contributed by atoms with van der Waals surface area (Å²) in [6.07, 6.45) is 10.4. The van der Waals surface area contributed by atoms with Gasteiger partial charge in [0.05, 0.1) is 0 Å². The Balaban J connectivity index is 1.27. The number of piperidine rings is 1. The van der Waals surface area contributed by atoms with Crippen LogP contribution in [0.4, 0.5) is 0 Å². The molecular weight excluding hydrogens is 276 g/mol. The molecule has 3 aliphatic rings. The Labute approximate surface area is 132 Å². The molecule has 0 amide bonds. The van der Waals surface area contributed by atoms with Crippen molar-refractivity contribution in [2.75, 3.05) is 26.4 Å². The van der Waals surface area contributed by atoms with Crippen LogP contribution >= 0.6 is 0 Å². The molecule has 1 spiro atoms. The highest BCUT2D eigenvalue weighted by atomic mass is 16.7. The van der Waals surface area contributed by atoms with Crippen molar-refractivity contribution in [3.8, 4) is 0 Å². The first-order chi connectivity index (χ1) is 10.8. The van der Waals surface area contributed by atoms with E-state index in [1.165, 1.54) is 49.8 Å². The SMILES string of the molecule is c1cnc2c(c1)CC1(CCN(COC3CCCCO3)CC1)C2. The summed E-state index contributed by atoms with van der Waals surface area (Å²) in [6, 6.07) is 4.33. The van der Waals surface area contributed by atoms with Crippen LogP contribution in [-0.4, -0.2) is 42.6 Å². The van der Waals surface area contributed by atoms with Crippen LogP contribution in [-0.2, 0) is 22.3 Å². The van der Waals surface area contributed by atoms with Crippen molar-refractivity contribution in [2.45, 2.75) is 51.2 Å². The maximum absolute atomic E-state index is 5.93. The molecular formula is C18H26N2O2. The first-order valence-electron chi connectivity index (χ1n) is 8.71. The molecule has 0 radical (unpaired) electrons. The lowest BCUT2D eigenvalue weighted by atomic mass is 9.76. The van der Waals surface area contributed by atoms with Crippen LogP contribution in [0.1, 0.15) is 43.4 Å². The van der Waals surface area contributed by atoms with E-state index in [4.69, 9.17) is 9.47 Å². The fraction of sp³-hybridized carbons (Fsp3) is 0.722. The lowest BCUT2D eigenvalue weighted by Crippen LogP contribution is -2.42. The summed E-state index contributed by atoms with van der Waals surface area (Å²) in [6.45, 7) is 3.87. The van der Waals surface area contributed by atoms with Crippen molar-refractivity contribution >= 4 is 0 Å². The number of hydrogen-bond acceptors (Lipinski definition) is 4. The van der Waals surface area contributed by atoms with E-state index in [0.717, 1.165) is 32.8 Å². The average Bonchev–Trinajstić information content (AvgIpc) is 2.93. The molecule has 0 N–H and O–H groups in total. The van der Waals surface area contributed by atoms with Crippen molar-refractivity contribution in [3.63, 3.8) is 0 Å². The zero-order valence-electron chi connectivity index (χ0n) is 13.3. The molecule has 4 nitrogen and oxygen atoms in total. The molecule has 0 bridgehead atoms. The summed E-state index contributed by atoms with van der Waals surface area (Å²) in [5.74, 6) is 0. The van der Waals surface area contributed by atoms with Crippen molar-refractivity contribution in [3.05, 3.63) is 29.6 Å². The first-order valence-corrected chi connectivity index (χ1v) is 8.71. The third-order valence-electron chi connectivity index (χ3n) is 5.59. The number of nitrogens with zero attached hydrogens (tertiary/aromatic N) is 2. The van der Waals surface area contributed by atoms with Crippen LogP contribution < -0.4 is 0 Å². The number of ether oxygens (including phenoxy) is 2. The lowest BCUT2D eigenvalue weighted by molar-refractivity contribution is -0.187. The van der Waals surface area contributed by atoms with E-state index in [9.17, 15) is 0 Å². The monoisotopic (exact) mass is 302 g/mol. The number of fused-ring (bicyclic) bond motifs is 1. The summed E-state index contributed by atoms with van der Waals surface area (Å²) >= 11 is 0. The largest absolute Gasteiger partial charge is 0.353 e. The minimum Gasteiger partial charge on any atom is -0.353 e. The number of pyridine rings is 1. The Morgan fingerprint density at radius 2 is 2.18 bits per heavy atom. The Kier molecular flexibility index (Phi) is 4.16. The predicted molar refractivity (Wildman–Crippen MR) is 84.4 cm³/mol. The lowest BCUT2D eigenvalue weighted by Gasteiger charge is -2.39. The van der Waals surface area contributed by atoms with Gasteiger partial charge in [-0.3, -0.25) is 9.88 Å². The highest BCUT2D eigenvalue weighted by Gasteiger charge is 2.40.